The summed E-state index contributed by atoms with van der Waals surface area (Å²) in [4.78, 5) is -0.0579. The molecule has 0 amide bonds. The van der Waals surface area contributed by atoms with Gasteiger partial charge in [0.2, 0.25) is 10.0 Å². The molecule has 1 aliphatic carbocycles. The van der Waals surface area contributed by atoms with Crippen LogP contribution in [0.25, 0.3) is 0 Å². The zero-order valence-corrected chi connectivity index (χ0v) is 12.6. The SMILES string of the molecule is Nc1cccc(Cl)c1S(=O)(=O)NCC1CCC(O)CC1. The van der Waals surface area contributed by atoms with E-state index in [2.05, 4.69) is 4.72 Å². The molecule has 1 aromatic rings. The Kier molecular flexibility index (Phi) is 4.90. The van der Waals surface area contributed by atoms with Crippen molar-refractivity contribution in [3.05, 3.63) is 23.2 Å². The number of benzene rings is 1. The van der Waals surface area contributed by atoms with Crippen LogP contribution in [-0.2, 0) is 10.0 Å². The van der Waals surface area contributed by atoms with Gasteiger partial charge in [-0.25, -0.2) is 13.1 Å². The number of halogens is 1. The first-order valence-corrected chi connectivity index (χ1v) is 8.48. The molecule has 1 aromatic carbocycles. The Balaban J connectivity index is 2.05. The molecule has 2 rings (SSSR count). The second kappa shape index (κ2) is 6.30. The minimum Gasteiger partial charge on any atom is -0.398 e. The molecule has 112 valence electrons. The van der Waals surface area contributed by atoms with Gasteiger partial charge in [0.15, 0.2) is 0 Å². The number of nitrogens with one attached hydrogen (secondary N) is 1. The summed E-state index contributed by atoms with van der Waals surface area (Å²) < 4.78 is 27.1. The standard InChI is InChI=1S/C13H19ClN2O3S/c14-11-2-1-3-12(15)13(11)20(18,19)16-8-9-4-6-10(17)7-5-9/h1-3,9-10,16-17H,4-8,15H2. The first-order valence-electron chi connectivity index (χ1n) is 6.62. The van der Waals surface area contributed by atoms with Gasteiger partial charge in [-0.05, 0) is 43.7 Å². The average molecular weight is 319 g/mol. The van der Waals surface area contributed by atoms with E-state index >= 15 is 0 Å². The summed E-state index contributed by atoms with van der Waals surface area (Å²) in [7, 11) is -3.70. The first kappa shape index (κ1) is 15.6. The summed E-state index contributed by atoms with van der Waals surface area (Å²) in [5.74, 6) is 0.247. The largest absolute Gasteiger partial charge is 0.398 e. The van der Waals surface area contributed by atoms with Gasteiger partial charge in [-0.2, -0.15) is 0 Å². The van der Waals surface area contributed by atoms with Crippen molar-refractivity contribution >= 4 is 27.3 Å². The molecule has 0 bridgehead atoms. The number of nitrogens with two attached hydrogens (primary N) is 1. The average Bonchev–Trinajstić information content (AvgIpc) is 2.37. The van der Waals surface area contributed by atoms with Gasteiger partial charge in [-0.1, -0.05) is 17.7 Å². The molecule has 0 heterocycles. The normalized spacial score (nSPS) is 23.7. The molecule has 7 heteroatoms. The number of hydrogen-bond donors (Lipinski definition) is 3. The van der Waals surface area contributed by atoms with Gasteiger partial charge in [-0.3, -0.25) is 0 Å². The zero-order chi connectivity index (χ0) is 14.8. The van der Waals surface area contributed by atoms with Crippen LogP contribution < -0.4 is 10.5 Å². The fraction of sp³-hybridized carbons (Fsp3) is 0.538. The molecule has 1 fully saturated rings. The lowest BCUT2D eigenvalue weighted by atomic mass is 9.88. The van der Waals surface area contributed by atoms with E-state index < -0.39 is 10.0 Å². The molecule has 0 spiro atoms. The maximum atomic E-state index is 12.3. The first-order chi connectivity index (χ1) is 9.40. The fourth-order valence-electron chi connectivity index (χ4n) is 2.46. The monoisotopic (exact) mass is 318 g/mol. The van der Waals surface area contributed by atoms with Crippen molar-refractivity contribution in [3.8, 4) is 0 Å². The van der Waals surface area contributed by atoms with E-state index in [9.17, 15) is 13.5 Å². The molecule has 0 saturated heterocycles. The lowest BCUT2D eigenvalue weighted by Gasteiger charge is -2.25. The Morgan fingerprint density at radius 2 is 1.95 bits per heavy atom. The van der Waals surface area contributed by atoms with E-state index in [4.69, 9.17) is 17.3 Å². The molecule has 0 aliphatic heterocycles. The quantitative estimate of drug-likeness (QED) is 0.737. The van der Waals surface area contributed by atoms with Crippen molar-refractivity contribution in [2.45, 2.75) is 36.7 Å². The number of aliphatic hydroxyl groups is 1. The second-order valence-corrected chi connectivity index (χ2v) is 7.30. The van der Waals surface area contributed by atoms with E-state index in [-0.39, 0.29) is 27.6 Å². The maximum absolute atomic E-state index is 12.3. The van der Waals surface area contributed by atoms with E-state index in [1.165, 1.54) is 12.1 Å². The molecule has 20 heavy (non-hydrogen) atoms. The van der Waals surface area contributed by atoms with Crippen LogP contribution in [0.4, 0.5) is 5.69 Å². The number of rotatable bonds is 4. The van der Waals surface area contributed by atoms with Gasteiger partial charge in [0.25, 0.3) is 0 Å². The predicted molar refractivity (Wildman–Crippen MR) is 79.0 cm³/mol. The molecule has 1 saturated carbocycles. The smallest absolute Gasteiger partial charge is 0.244 e. The van der Waals surface area contributed by atoms with Gasteiger partial charge >= 0.3 is 0 Å². The number of hydrogen-bond acceptors (Lipinski definition) is 4. The van der Waals surface area contributed by atoms with Gasteiger partial charge in [0, 0.05) is 6.54 Å². The third-order valence-corrected chi connectivity index (χ3v) is 5.61. The summed E-state index contributed by atoms with van der Waals surface area (Å²) in [6.45, 7) is 0.347. The van der Waals surface area contributed by atoms with Gasteiger partial charge < -0.3 is 10.8 Å². The Labute approximate surface area is 124 Å². The number of nitrogen functional groups attached to an aromatic ring is 1. The van der Waals surface area contributed by atoms with Crippen LogP contribution in [-0.4, -0.2) is 26.2 Å². The van der Waals surface area contributed by atoms with Crippen molar-refractivity contribution in [2.75, 3.05) is 12.3 Å². The summed E-state index contributed by atoms with van der Waals surface area (Å²) in [5.41, 5.74) is 5.84. The van der Waals surface area contributed by atoms with Crippen molar-refractivity contribution in [3.63, 3.8) is 0 Å². The van der Waals surface area contributed by atoms with Gasteiger partial charge in [0.1, 0.15) is 4.90 Å². The highest BCUT2D eigenvalue weighted by molar-refractivity contribution is 7.89. The summed E-state index contributed by atoms with van der Waals surface area (Å²) >= 11 is 5.92. The third-order valence-electron chi connectivity index (χ3n) is 3.64. The summed E-state index contributed by atoms with van der Waals surface area (Å²) in [5, 5.41) is 9.56. The van der Waals surface area contributed by atoms with Crippen LogP contribution in [0.5, 0.6) is 0 Å². The molecule has 1 aliphatic rings. The Morgan fingerprint density at radius 3 is 2.55 bits per heavy atom. The van der Waals surface area contributed by atoms with E-state index in [1.807, 2.05) is 0 Å². The maximum Gasteiger partial charge on any atom is 0.244 e. The molecular weight excluding hydrogens is 300 g/mol. The van der Waals surface area contributed by atoms with Gasteiger partial charge in [0.05, 0.1) is 16.8 Å². The minimum absolute atomic E-state index is 0.0579. The second-order valence-electron chi connectivity index (χ2n) is 5.18. The van der Waals surface area contributed by atoms with Crippen LogP contribution in [0.2, 0.25) is 5.02 Å². The van der Waals surface area contributed by atoms with E-state index in [0.717, 1.165) is 25.7 Å². The minimum atomic E-state index is -3.70. The number of aliphatic hydroxyl groups excluding tert-OH is 1. The Hall–Kier alpha value is -0.820. The van der Waals surface area contributed by atoms with Gasteiger partial charge in [-0.15, -0.1) is 0 Å². The lowest BCUT2D eigenvalue weighted by Crippen LogP contribution is -2.32. The number of sulfonamides is 1. The van der Waals surface area contributed by atoms with Crippen LogP contribution in [0.3, 0.4) is 0 Å². The van der Waals surface area contributed by atoms with Crippen molar-refractivity contribution in [2.24, 2.45) is 5.92 Å². The highest BCUT2D eigenvalue weighted by atomic mass is 35.5. The lowest BCUT2D eigenvalue weighted by molar-refractivity contribution is 0.110. The molecular formula is C13H19ClN2O3S. The highest BCUT2D eigenvalue weighted by Crippen LogP contribution is 2.28. The molecule has 0 unspecified atom stereocenters. The van der Waals surface area contributed by atoms with E-state index in [0.29, 0.717) is 6.54 Å². The predicted octanol–water partition coefficient (Wildman–Crippen LogP) is 1.75. The summed E-state index contributed by atoms with van der Waals surface area (Å²) in [6.07, 6.45) is 2.84. The molecule has 5 nitrogen and oxygen atoms in total. The highest BCUT2D eigenvalue weighted by Gasteiger charge is 2.24. The van der Waals surface area contributed by atoms with Crippen LogP contribution in [0.1, 0.15) is 25.7 Å². The van der Waals surface area contributed by atoms with Crippen molar-refractivity contribution < 1.29 is 13.5 Å². The van der Waals surface area contributed by atoms with Crippen LogP contribution in [0, 0.1) is 5.92 Å². The molecule has 4 N–H and O–H groups in total. The summed E-state index contributed by atoms with van der Waals surface area (Å²) in [6, 6.07) is 4.63. The third kappa shape index (κ3) is 3.63. The number of anilines is 1. The van der Waals surface area contributed by atoms with Crippen LogP contribution >= 0.6 is 11.6 Å². The van der Waals surface area contributed by atoms with Crippen molar-refractivity contribution in [1.82, 2.24) is 4.72 Å². The Morgan fingerprint density at radius 1 is 1.30 bits per heavy atom. The van der Waals surface area contributed by atoms with Crippen molar-refractivity contribution in [1.29, 1.82) is 0 Å². The topological polar surface area (TPSA) is 92.4 Å². The van der Waals surface area contributed by atoms with Crippen LogP contribution in [0.15, 0.2) is 23.1 Å². The molecule has 0 radical (unpaired) electrons. The molecule has 0 atom stereocenters. The fourth-order valence-corrected chi connectivity index (χ4v) is 4.25. The Bertz CT molecular complexity index is 549. The zero-order valence-electron chi connectivity index (χ0n) is 11.0. The molecule has 0 aromatic heterocycles. The van der Waals surface area contributed by atoms with E-state index in [1.54, 1.807) is 6.07 Å².